The normalized spacial score (nSPS) is 11.8. The summed E-state index contributed by atoms with van der Waals surface area (Å²) in [6, 6.07) is 8.07. The number of nitrogens with one attached hydrogen (secondary N) is 1. The van der Waals surface area contributed by atoms with E-state index in [1.807, 2.05) is 0 Å². The van der Waals surface area contributed by atoms with Gasteiger partial charge in [-0.15, -0.1) is 11.3 Å². The van der Waals surface area contributed by atoms with Gasteiger partial charge in [-0.1, -0.05) is 23.7 Å². The molecule has 0 radical (unpaired) electrons. The second kappa shape index (κ2) is 5.86. The van der Waals surface area contributed by atoms with Gasteiger partial charge in [0, 0.05) is 5.02 Å². The van der Waals surface area contributed by atoms with Gasteiger partial charge < -0.3 is 10.4 Å². The molecule has 2 N–H and O–H groups in total. The predicted octanol–water partition coefficient (Wildman–Crippen LogP) is 3.57. The van der Waals surface area contributed by atoms with Gasteiger partial charge in [-0.05, 0) is 34.7 Å². The maximum Gasteiger partial charge on any atom is 0.405 e. The number of hydrogen-bond donors (Lipinski definition) is 2. The van der Waals surface area contributed by atoms with Crippen molar-refractivity contribution in [3.05, 3.63) is 56.7 Å². The van der Waals surface area contributed by atoms with Gasteiger partial charge in [0.1, 0.15) is 0 Å². The van der Waals surface area contributed by atoms with Crippen molar-refractivity contribution < 1.29 is 14.7 Å². The summed E-state index contributed by atoms with van der Waals surface area (Å²) in [5.74, 6) is 0. The summed E-state index contributed by atoms with van der Waals surface area (Å²) in [4.78, 5) is 22.2. The van der Waals surface area contributed by atoms with Crippen LogP contribution in [0, 0.1) is 0 Å². The van der Waals surface area contributed by atoms with Crippen LogP contribution in [0.5, 0.6) is 0 Å². The van der Waals surface area contributed by atoms with Gasteiger partial charge in [0.05, 0.1) is 10.9 Å². The number of hydrogen-bond acceptors (Lipinski definition) is 3. The largest absolute Gasteiger partial charge is 0.465 e. The fourth-order valence-corrected chi connectivity index (χ4v) is 2.69. The molecule has 0 saturated heterocycles. The quantitative estimate of drug-likeness (QED) is 0.847. The highest BCUT2D eigenvalue weighted by molar-refractivity contribution is 7.11. The van der Waals surface area contributed by atoms with E-state index in [0.717, 1.165) is 17.4 Å². The zero-order valence-corrected chi connectivity index (χ0v) is 11.2. The fraction of sp³-hybridized carbons (Fsp3) is 0.0769. The molecule has 0 bridgehead atoms. The van der Waals surface area contributed by atoms with Gasteiger partial charge in [-0.2, -0.15) is 0 Å². The van der Waals surface area contributed by atoms with Crippen LogP contribution >= 0.6 is 22.9 Å². The summed E-state index contributed by atoms with van der Waals surface area (Å²) in [6.45, 7) is 0. The van der Waals surface area contributed by atoms with E-state index in [2.05, 4.69) is 5.32 Å². The lowest BCUT2D eigenvalue weighted by atomic mass is 10.0. The molecular weight excluding hydrogens is 286 g/mol. The number of carboxylic acid groups (broad SMARTS) is 1. The van der Waals surface area contributed by atoms with Crippen molar-refractivity contribution in [2.45, 2.75) is 6.04 Å². The Kier molecular flexibility index (Phi) is 4.19. The average molecular weight is 296 g/mol. The van der Waals surface area contributed by atoms with Crippen molar-refractivity contribution >= 4 is 35.3 Å². The first-order valence-electron chi connectivity index (χ1n) is 5.38. The molecular formula is C13H10ClNO3S. The highest BCUT2D eigenvalue weighted by Crippen LogP contribution is 2.27. The van der Waals surface area contributed by atoms with Crippen LogP contribution in [0.25, 0.3) is 0 Å². The number of carbonyl (C=O) groups excluding carboxylic acids is 1. The van der Waals surface area contributed by atoms with E-state index in [1.165, 1.54) is 11.3 Å². The van der Waals surface area contributed by atoms with Crippen LogP contribution in [-0.2, 0) is 0 Å². The van der Waals surface area contributed by atoms with Crippen LogP contribution in [0.3, 0.4) is 0 Å². The molecule has 98 valence electrons. The number of amides is 1. The van der Waals surface area contributed by atoms with Crippen molar-refractivity contribution in [1.29, 1.82) is 0 Å². The zero-order chi connectivity index (χ0) is 13.8. The van der Waals surface area contributed by atoms with Gasteiger partial charge in [-0.25, -0.2) is 4.79 Å². The van der Waals surface area contributed by atoms with Crippen LogP contribution in [-0.4, -0.2) is 17.5 Å². The Hall–Kier alpha value is -1.85. The Morgan fingerprint density at radius 2 is 2.16 bits per heavy atom. The molecule has 0 aliphatic heterocycles. The number of thiophene rings is 1. The van der Waals surface area contributed by atoms with E-state index in [1.54, 1.807) is 35.7 Å². The van der Waals surface area contributed by atoms with Crippen LogP contribution in [0.2, 0.25) is 5.02 Å². The van der Waals surface area contributed by atoms with Crippen LogP contribution in [0.1, 0.15) is 26.8 Å². The molecule has 1 atom stereocenters. The zero-order valence-electron chi connectivity index (χ0n) is 9.67. The highest BCUT2D eigenvalue weighted by atomic mass is 35.5. The Morgan fingerprint density at radius 1 is 1.37 bits per heavy atom. The average Bonchev–Trinajstić information content (AvgIpc) is 2.84. The standard InChI is InChI=1S/C13H10ClNO3S/c14-10-3-1-2-8(4-10)12(15-13(17)18)9-5-11(6-16)19-7-9/h1-7,12,15H,(H,17,18). The van der Waals surface area contributed by atoms with E-state index in [4.69, 9.17) is 16.7 Å². The molecule has 0 spiro atoms. The third-order valence-corrected chi connectivity index (χ3v) is 3.65. The molecule has 0 fully saturated rings. The van der Waals surface area contributed by atoms with Gasteiger partial charge in [0.15, 0.2) is 6.29 Å². The molecule has 1 amide bonds. The minimum Gasteiger partial charge on any atom is -0.465 e. The molecule has 0 saturated carbocycles. The fourth-order valence-electron chi connectivity index (χ4n) is 1.75. The van der Waals surface area contributed by atoms with E-state index in [0.29, 0.717) is 9.90 Å². The molecule has 4 nitrogen and oxygen atoms in total. The number of benzene rings is 1. The Bertz CT molecular complexity index is 611. The number of aldehydes is 1. The van der Waals surface area contributed by atoms with Crippen LogP contribution in [0.15, 0.2) is 35.7 Å². The Labute approximate surface area is 118 Å². The molecule has 1 aromatic carbocycles. The third kappa shape index (κ3) is 3.33. The van der Waals surface area contributed by atoms with Crippen molar-refractivity contribution in [2.24, 2.45) is 0 Å². The highest BCUT2D eigenvalue weighted by Gasteiger charge is 2.18. The van der Waals surface area contributed by atoms with Crippen molar-refractivity contribution in [1.82, 2.24) is 5.32 Å². The summed E-state index contributed by atoms with van der Waals surface area (Å²) in [6.07, 6.45) is -0.395. The van der Waals surface area contributed by atoms with Gasteiger partial charge in [-0.3, -0.25) is 4.79 Å². The molecule has 6 heteroatoms. The van der Waals surface area contributed by atoms with Crippen molar-refractivity contribution in [2.75, 3.05) is 0 Å². The molecule has 2 rings (SSSR count). The minimum absolute atomic E-state index is 0.528. The van der Waals surface area contributed by atoms with Crippen molar-refractivity contribution in [3.8, 4) is 0 Å². The van der Waals surface area contributed by atoms with Crippen molar-refractivity contribution in [3.63, 3.8) is 0 Å². The van der Waals surface area contributed by atoms with E-state index in [-0.39, 0.29) is 0 Å². The first-order chi connectivity index (χ1) is 9.10. The topological polar surface area (TPSA) is 66.4 Å². The Balaban J connectivity index is 2.40. The lowest BCUT2D eigenvalue weighted by Crippen LogP contribution is -2.27. The SMILES string of the molecule is O=Cc1cc(C(NC(=O)O)c2cccc(Cl)c2)cs1. The maximum absolute atomic E-state index is 10.9. The smallest absolute Gasteiger partial charge is 0.405 e. The van der Waals surface area contributed by atoms with E-state index in [9.17, 15) is 9.59 Å². The molecule has 1 aromatic heterocycles. The third-order valence-electron chi connectivity index (χ3n) is 2.54. The molecule has 19 heavy (non-hydrogen) atoms. The van der Waals surface area contributed by atoms with Crippen LogP contribution in [0.4, 0.5) is 4.79 Å². The van der Waals surface area contributed by atoms with Crippen LogP contribution < -0.4 is 5.32 Å². The number of halogens is 1. The lowest BCUT2D eigenvalue weighted by Gasteiger charge is -2.16. The summed E-state index contributed by atoms with van der Waals surface area (Å²) in [5.41, 5.74) is 1.45. The van der Waals surface area contributed by atoms with E-state index >= 15 is 0 Å². The summed E-state index contributed by atoms with van der Waals surface area (Å²) < 4.78 is 0. The Morgan fingerprint density at radius 3 is 2.74 bits per heavy atom. The summed E-state index contributed by atoms with van der Waals surface area (Å²) in [7, 11) is 0. The second-order valence-electron chi connectivity index (χ2n) is 3.84. The molecule has 0 aliphatic carbocycles. The molecule has 1 heterocycles. The van der Waals surface area contributed by atoms with E-state index < -0.39 is 12.1 Å². The lowest BCUT2D eigenvalue weighted by molar-refractivity contribution is 0.112. The maximum atomic E-state index is 10.9. The van der Waals surface area contributed by atoms with Gasteiger partial charge >= 0.3 is 6.09 Å². The molecule has 2 aromatic rings. The number of carbonyl (C=O) groups is 2. The minimum atomic E-state index is -1.14. The summed E-state index contributed by atoms with van der Waals surface area (Å²) in [5, 5.41) is 13.6. The number of rotatable bonds is 4. The first-order valence-corrected chi connectivity index (χ1v) is 6.64. The van der Waals surface area contributed by atoms with Gasteiger partial charge in [0.2, 0.25) is 0 Å². The van der Waals surface area contributed by atoms with Gasteiger partial charge in [0.25, 0.3) is 0 Å². The first kappa shape index (κ1) is 13.6. The molecule has 0 aliphatic rings. The second-order valence-corrected chi connectivity index (χ2v) is 5.22. The summed E-state index contributed by atoms with van der Waals surface area (Å²) >= 11 is 7.19. The molecule has 1 unspecified atom stereocenters. The predicted molar refractivity (Wildman–Crippen MR) is 74.2 cm³/mol. The monoisotopic (exact) mass is 295 g/mol.